The van der Waals surface area contributed by atoms with Crippen LogP contribution in [0.1, 0.15) is 5.82 Å². The van der Waals surface area contributed by atoms with Gasteiger partial charge in [0.15, 0.2) is 0 Å². The highest BCUT2D eigenvalue weighted by atomic mass is 16.3. The predicted octanol–water partition coefficient (Wildman–Crippen LogP) is 1.45. The maximum atomic E-state index is 9.90. The van der Waals surface area contributed by atoms with Crippen molar-refractivity contribution in [3.63, 3.8) is 0 Å². The molecule has 1 N–H and O–H groups in total. The third-order valence-electron chi connectivity index (χ3n) is 3.88. The zero-order valence-electron chi connectivity index (χ0n) is 11.7. The number of nitrogens with zero attached hydrogens (tertiary/aromatic N) is 4. The third kappa shape index (κ3) is 2.63. The maximum Gasteiger partial charge on any atom is 0.138 e. The van der Waals surface area contributed by atoms with Gasteiger partial charge in [0.05, 0.1) is 12.2 Å². The molecule has 106 valence electrons. The Bertz CT molecular complexity index is 573. The molecule has 1 fully saturated rings. The average Bonchev–Trinajstić information content (AvgIpc) is 2.86. The molecule has 1 aliphatic rings. The highest BCUT2D eigenvalue weighted by molar-refractivity contribution is 5.57. The number of aromatic hydroxyl groups is 1. The van der Waals surface area contributed by atoms with Crippen molar-refractivity contribution in [2.45, 2.75) is 6.54 Å². The predicted molar refractivity (Wildman–Crippen MR) is 78.8 cm³/mol. The first-order valence-electron chi connectivity index (χ1n) is 6.95. The van der Waals surface area contributed by atoms with Gasteiger partial charge in [-0.1, -0.05) is 12.1 Å². The number of rotatable bonds is 3. The van der Waals surface area contributed by atoms with Gasteiger partial charge in [-0.2, -0.15) is 0 Å². The van der Waals surface area contributed by atoms with Crippen LogP contribution in [0.3, 0.4) is 0 Å². The van der Waals surface area contributed by atoms with E-state index in [1.54, 1.807) is 6.07 Å². The molecule has 1 aliphatic heterocycles. The number of hydrogen-bond donors (Lipinski definition) is 1. The molecular formula is C15H20N4O. The van der Waals surface area contributed by atoms with Gasteiger partial charge in [0.1, 0.15) is 11.6 Å². The molecule has 1 saturated heterocycles. The summed E-state index contributed by atoms with van der Waals surface area (Å²) in [6, 6.07) is 7.55. The number of imidazole rings is 1. The quantitative estimate of drug-likeness (QED) is 0.918. The summed E-state index contributed by atoms with van der Waals surface area (Å²) in [5.74, 6) is 1.46. The SMILES string of the molecule is Cn1ccnc1CN1CCN(c2ccccc2O)CC1. The second-order valence-corrected chi connectivity index (χ2v) is 5.21. The van der Waals surface area contributed by atoms with E-state index in [1.807, 2.05) is 37.6 Å². The fraction of sp³-hybridized carbons (Fsp3) is 0.400. The third-order valence-corrected chi connectivity index (χ3v) is 3.88. The van der Waals surface area contributed by atoms with Crippen molar-refractivity contribution in [1.82, 2.24) is 14.5 Å². The molecular weight excluding hydrogens is 252 g/mol. The minimum Gasteiger partial charge on any atom is -0.506 e. The van der Waals surface area contributed by atoms with E-state index in [1.165, 1.54) is 0 Å². The van der Waals surface area contributed by atoms with Gasteiger partial charge in [-0.05, 0) is 12.1 Å². The van der Waals surface area contributed by atoms with Gasteiger partial charge in [0.2, 0.25) is 0 Å². The van der Waals surface area contributed by atoms with Crippen LogP contribution in [0.2, 0.25) is 0 Å². The molecule has 0 spiro atoms. The first kappa shape index (κ1) is 13.0. The number of piperazine rings is 1. The second kappa shape index (κ2) is 5.54. The van der Waals surface area contributed by atoms with E-state index >= 15 is 0 Å². The molecule has 5 heteroatoms. The Labute approximate surface area is 119 Å². The van der Waals surface area contributed by atoms with Crippen LogP contribution >= 0.6 is 0 Å². The van der Waals surface area contributed by atoms with E-state index in [2.05, 4.69) is 19.4 Å². The number of aromatic nitrogens is 2. The number of phenols is 1. The normalized spacial score (nSPS) is 16.6. The molecule has 0 saturated carbocycles. The highest BCUT2D eigenvalue weighted by Crippen LogP contribution is 2.27. The van der Waals surface area contributed by atoms with Crippen LogP contribution in [-0.2, 0) is 13.6 Å². The van der Waals surface area contributed by atoms with E-state index < -0.39 is 0 Å². The summed E-state index contributed by atoms with van der Waals surface area (Å²) in [5, 5.41) is 9.90. The lowest BCUT2D eigenvalue weighted by atomic mass is 10.2. The number of para-hydroxylation sites is 2. The highest BCUT2D eigenvalue weighted by Gasteiger charge is 2.19. The molecule has 3 rings (SSSR count). The standard InChI is InChI=1S/C15H20N4O/c1-17-7-6-16-15(17)12-18-8-10-19(11-9-18)13-4-2-3-5-14(13)20/h2-7,20H,8-12H2,1H3. The van der Waals surface area contributed by atoms with Crippen LogP contribution in [0.4, 0.5) is 5.69 Å². The van der Waals surface area contributed by atoms with Crippen molar-refractivity contribution in [2.24, 2.45) is 7.05 Å². The summed E-state index contributed by atoms with van der Waals surface area (Å²) in [5.41, 5.74) is 0.934. The molecule has 0 atom stereocenters. The zero-order chi connectivity index (χ0) is 13.9. The summed E-state index contributed by atoms with van der Waals surface area (Å²) in [6.07, 6.45) is 3.82. The van der Waals surface area contributed by atoms with Gasteiger partial charge in [-0.3, -0.25) is 4.90 Å². The van der Waals surface area contributed by atoms with Crippen LogP contribution in [0.5, 0.6) is 5.75 Å². The number of phenolic OH excluding ortho intramolecular Hbond substituents is 1. The smallest absolute Gasteiger partial charge is 0.138 e. The van der Waals surface area contributed by atoms with Crippen LogP contribution in [0.25, 0.3) is 0 Å². The van der Waals surface area contributed by atoms with Gasteiger partial charge < -0.3 is 14.6 Å². The van der Waals surface area contributed by atoms with Crippen molar-refractivity contribution in [3.8, 4) is 5.75 Å². The van der Waals surface area contributed by atoms with Crippen molar-refractivity contribution in [1.29, 1.82) is 0 Å². The number of anilines is 1. The fourth-order valence-electron chi connectivity index (χ4n) is 2.63. The molecule has 0 amide bonds. The van der Waals surface area contributed by atoms with Crippen LogP contribution in [0, 0.1) is 0 Å². The minimum absolute atomic E-state index is 0.366. The summed E-state index contributed by atoms with van der Waals surface area (Å²) in [6.45, 7) is 4.73. The Morgan fingerprint density at radius 1 is 1.15 bits per heavy atom. The van der Waals surface area contributed by atoms with Crippen molar-refractivity contribution >= 4 is 5.69 Å². The Kier molecular flexibility index (Phi) is 3.60. The first-order valence-corrected chi connectivity index (χ1v) is 6.95. The molecule has 1 aromatic carbocycles. The summed E-state index contributed by atoms with van der Waals surface area (Å²) >= 11 is 0. The maximum absolute atomic E-state index is 9.90. The fourth-order valence-corrected chi connectivity index (χ4v) is 2.63. The molecule has 20 heavy (non-hydrogen) atoms. The minimum atomic E-state index is 0.366. The number of hydrogen-bond acceptors (Lipinski definition) is 4. The zero-order valence-corrected chi connectivity index (χ0v) is 11.7. The lowest BCUT2D eigenvalue weighted by Crippen LogP contribution is -2.46. The van der Waals surface area contributed by atoms with Crippen molar-refractivity contribution in [3.05, 3.63) is 42.5 Å². The van der Waals surface area contributed by atoms with Crippen LogP contribution < -0.4 is 4.90 Å². The molecule has 0 radical (unpaired) electrons. The van der Waals surface area contributed by atoms with Crippen molar-refractivity contribution < 1.29 is 5.11 Å². The van der Waals surface area contributed by atoms with Gasteiger partial charge in [-0.15, -0.1) is 0 Å². The largest absolute Gasteiger partial charge is 0.506 e. The van der Waals surface area contributed by atoms with Crippen molar-refractivity contribution in [2.75, 3.05) is 31.1 Å². The molecule has 1 aromatic heterocycles. The lowest BCUT2D eigenvalue weighted by molar-refractivity contribution is 0.241. The molecule has 2 heterocycles. The Morgan fingerprint density at radius 3 is 2.55 bits per heavy atom. The summed E-state index contributed by atoms with van der Waals surface area (Å²) in [7, 11) is 2.03. The van der Waals surface area contributed by atoms with Gasteiger partial charge in [-0.25, -0.2) is 4.98 Å². The summed E-state index contributed by atoms with van der Waals surface area (Å²) < 4.78 is 2.06. The number of aryl methyl sites for hydroxylation is 1. The molecule has 0 unspecified atom stereocenters. The first-order chi connectivity index (χ1) is 9.74. The molecule has 0 bridgehead atoms. The number of benzene rings is 1. The van der Waals surface area contributed by atoms with E-state index in [0.29, 0.717) is 5.75 Å². The molecule has 2 aromatic rings. The monoisotopic (exact) mass is 272 g/mol. The van der Waals surface area contributed by atoms with E-state index in [0.717, 1.165) is 44.2 Å². The van der Waals surface area contributed by atoms with Gasteiger partial charge in [0.25, 0.3) is 0 Å². The van der Waals surface area contributed by atoms with Gasteiger partial charge >= 0.3 is 0 Å². The van der Waals surface area contributed by atoms with E-state index in [-0.39, 0.29) is 0 Å². The Morgan fingerprint density at radius 2 is 1.90 bits per heavy atom. The van der Waals surface area contributed by atoms with E-state index in [4.69, 9.17) is 0 Å². The summed E-state index contributed by atoms with van der Waals surface area (Å²) in [4.78, 5) is 9.01. The van der Waals surface area contributed by atoms with Crippen LogP contribution in [-0.4, -0.2) is 45.7 Å². The second-order valence-electron chi connectivity index (χ2n) is 5.21. The Balaban J connectivity index is 1.60. The average molecular weight is 272 g/mol. The van der Waals surface area contributed by atoms with Crippen LogP contribution in [0.15, 0.2) is 36.7 Å². The Hall–Kier alpha value is -2.01. The molecule has 0 aliphatic carbocycles. The molecule has 5 nitrogen and oxygen atoms in total. The topological polar surface area (TPSA) is 44.5 Å². The lowest BCUT2D eigenvalue weighted by Gasteiger charge is -2.36. The van der Waals surface area contributed by atoms with Gasteiger partial charge in [0, 0.05) is 45.6 Å². The van der Waals surface area contributed by atoms with E-state index in [9.17, 15) is 5.11 Å².